The largest absolute Gasteiger partial charge is 0.433 e. The van der Waals surface area contributed by atoms with Gasteiger partial charge in [-0.05, 0) is 0 Å². The number of nitrogens with one attached hydrogen (secondary N) is 1. The summed E-state index contributed by atoms with van der Waals surface area (Å²) in [6.45, 7) is 0. The van der Waals surface area contributed by atoms with Gasteiger partial charge in [-0.1, -0.05) is 5.16 Å². The molecule has 1 heterocycles. The van der Waals surface area contributed by atoms with Crippen molar-refractivity contribution in [1.82, 2.24) is 5.32 Å². The van der Waals surface area contributed by atoms with E-state index in [2.05, 4.69) is 15.3 Å². The van der Waals surface area contributed by atoms with E-state index in [0.29, 0.717) is 0 Å². The fourth-order valence-electron chi connectivity index (χ4n) is 0.744. The predicted molar refractivity (Wildman–Crippen MR) is 57.6 cm³/mol. The molecule has 0 aliphatic carbocycles. The molecule has 74 valence electrons. The van der Waals surface area contributed by atoms with Gasteiger partial charge in [0, 0.05) is 30.1 Å². The van der Waals surface area contributed by atoms with Crippen molar-refractivity contribution in [2.75, 3.05) is 30.1 Å². The Kier molecular flexibility index (Phi) is 5.07. The number of hydrogen-bond acceptors (Lipinski definition) is 5. The Hall–Kier alpha value is -0.360. The topological polar surface area (TPSA) is 50.7 Å². The zero-order chi connectivity index (χ0) is 9.52. The zero-order valence-corrected chi connectivity index (χ0v) is 9.04. The van der Waals surface area contributed by atoms with Gasteiger partial charge in [0.15, 0.2) is 0 Å². The highest BCUT2D eigenvalue weighted by atomic mass is 32.2. The molecule has 0 aromatic heterocycles. The Balaban J connectivity index is 2.34. The van der Waals surface area contributed by atoms with Crippen molar-refractivity contribution in [3.05, 3.63) is 0 Å². The van der Waals surface area contributed by atoms with E-state index in [1.165, 1.54) is 7.05 Å². The first-order valence-electron chi connectivity index (χ1n) is 3.93. The van der Waals surface area contributed by atoms with Crippen molar-refractivity contribution in [1.29, 1.82) is 0 Å². The van der Waals surface area contributed by atoms with Crippen LogP contribution in [-0.4, -0.2) is 41.9 Å². The second-order valence-corrected chi connectivity index (χ2v) is 4.60. The number of oxime groups is 1. The Morgan fingerprint density at radius 2 is 2.08 bits per heavy atom. The van der Waals surface area contributed by atoms with Gasteiger partial charge in [0.25, 0.3) is 0 Å². The molecule has 1 saturated heterocycles. The molecule has 1 amide bonds. The smallest absolute Gasteiger partial charge is 0.323 e. The van der Waals surface area contributed by atoms with Crippen LogP contribution in [0.25, 0.3) is 0 Å². The summed E-state index contributed by atoms with van der Waals surface area (Å²) in [6, 6.07) is 0. The van der Waals surface area contributed by atoms with E-state index in [-0.39, 0.29) is 0 Å². The number of amides is 1. The number of nitrogens with zero attached hydrogens (tertiary/aromatic N) is 1. The Bertz CT molecular complexity index is 199. The molecule has 1 fully saturated rings. The quantitative estimate of drug-likeness (QED) is 0.532. The lowest BCUT2D eigenvalue weighted by Gasteiger charge is -1.99. The molecular weight excluding hydrogens is 208 g/mol. The van der Waals surface area contributed by atoms with Crippen molar-refractivity contribution in [3.63, 3.8) is 0 Å². The second kappa shape index (κ2) is 6.15. The highest BCUT2D eigenvalue weighted by Crippen LogP contribution is 2.14. The van der Waals surface area contributed by atoms with Crippen molar-refractivity contribution in [2.24, 2.45) is 5.16 Å². The lowest BCUT2D eigenvalue weighted by atomic mass is 10.5. The molecule has 0 atom stereocenters. The van der Waals surface area contributed by atoms with Crippen LogP contribution in [0.4, 0.5) is 4.79 Å². The summed E-state index contributed by atoms with van der Waals surface area (Å²) >= 11 is 3.64. The number of hydrogen-bond donors (Lipinski definition) is 1. The van der Waals surface area contributed by atoms with E-state index in [4.69, 9.17) is 0 Å². The SMILES string of the molecule is CNC(=O)ON=C1CSCCSC1. The third-order valence-corrected chi connectivity index (χ3v) is 3.69. The van der Waals surface area contributed by atoms with E-state index < -0.39 is 6.09 Å². The van der Waals surface area contributed by atoms with E-state index in [1.807, 2.05) is 23.5 Å². The molecule has 4 nitrogen and oxygen atoms in total. The van der Waals surface area contributed by atoms with Crippen molar-refractivity contribution < 1.29 is 9.63 Å². The van der Waals surface area contributed by atoms with Crippen LogP contribution < -0.4 is 5.32 Å². The molecule has 13 heavy (non-hydrogen) atoms. The van der Waals surface area contributed by atoms with Gasteiger partial charge in [0.1, 0.15) is 0 Å². The van der Waals surface area contributed by atoms with Crippen molar-refractivity contribution in [3.8, 4) is 0 Å². The van der Waals surface area contributed by atoms with Crippen molar-refractivity contribution >= 4 is 35.3 Å². The molecular formula is C7H12N2O2S2. The van der Waals surface area contributed by atoms with Crippen LogP contribution in [0.5, 0.6) is 0 Å². The van der Waals surface area contributed by atoms with Crippen molar-refractivity contribution in [2.45, 2.75) is 0 Å². The number of carbonyl (C=O) groups excluding carboxylic acids is 1. The highest BCUT2D eigenvalue weighted by molar-refractivity contribution is 8.04. The van der Waals surface area contributed by atoms with Crippen LogP contribution in [0.15, 0.2) is 5.16 Å². The molecule has 0 spiro atoms. The Morgan fingerprint density at radius 1 is 1.46 bits per heavy atom. The molecule has 0 aromatic carbocycles. The molecule has 6 heteroatoms. The fourth-order valence-corrected chi connectivity index (χ4v) is 2.89. The van der Waals surface area contributed by atoms with Gasteiger partial charge in [-0.25, -0.2) is 4.79 Å². The molecule has 1 aliphatic heterocycles. The van der Waals surface area contributed by atoms with Gasteiger partial charge in [0.2, 0.25) is 0 Å². The van der Waals surface area contributed by atoms with E-state index in [0.717, 1.165) is 28.7 Å². The van der Waals surface area contributed by atoms with Crippen LogP contribution in [0.3, 0.4) is 0 Å². The third-order valence-electron chi connectivity index (χ3n) is 1.37. The monoisotopic (exact) mass is 220 g/mol. The predicted octanol–water partition coefficient (Wildman–Crippen LogP) is 1.18. The average molecular weight is 220 g/mol. The minimum atomic E-state index is -0.508. The highest BCUT2D eigenvalue weighted by Gasteiger charge is 2.07. The molecule has 0 saturated carbocycles. The fraction of sp³-hybridized carbons (Fsp3) is 0.714. The number of rotatable bonds is 1. The lowest BCUT2D eigenvalue weighted by Crippen LogP contribution is -2.18. The van der Waals surface area contributed by atoms with E-state index >= 15 is 0 Å². The van der Waals surface area contributed by atoms with E-state index in [1.54, 1.807) is 0 Å². The molecule has 0 unspecified atom stereocenters. The normalized spacial score (nSPS) is 17.5. The van der Waals surface area contributed by atoms with Gasteiger partial charge in [-0.15, -0.1) is 0 Å². The summed E-state index contributed by atoms with van der Waals surface area (Å²) in [5.74, 6) is 4.02. The molecule has 0 bridgehead atoms. The zero-order valence-electron chi connectivity index (χ0n) is 7.41. The molecule has 0 aromatic rings. The summed E-state index contributed by atoms with van der Waals surface area (Å²) in [5, 5.41) is 6.12. The maximum atomic E-state index is 10.7. The van der Waals surface area contributed by atoms with Gasteiger partial charge in [-0.3, -0.25) is 4.84 Å². The van der Waals surface area contributed by atoms with Gasteiger partial charge in [0.05, 0.1) is 5.71 Å². The van der Waals surface area contributed by atoms with Crippen LogP contribution in [-0.2, 0) is 4.84 Å². The second-order valence-electron chi connectivity index (χ2n) is 2.39. The summed E-state index contributed by atoms with van der Waals surface area (Å²) < 4.78 is 0. The molecule has 1 aliphatic rings. The average Bonchev–Trinajstić information content (AvgIpc) is 2.42. The molecule has 1 rings (SSSR count). The van der Waals surface area contributed by atoms with Gasteiger partial charge in [-0.2, -0.15) is 23.5 Å². The Labute approximate surface area is 85.8 Å². The summed E-state index contributed by atoms with van der Waals surface area (Å²) in [4.78, 5) is 15.3. The minimum Gasteiger partial charge on any atom is -0.323 e. The van der Waals surface area contributed by atoms with Crippen LogP contribution in [0, 0.1) is 0 Å². The van der Waals surface area contributed by atoms with Crippen LogP contribution in [0.1, 0.15) is 0 Å². The molecule has 1 N–H and O–H groups in total. The minimum absolute atomic E-state index is 0.508. The summed E-state index contributed by atoms with van der Waals surface area (Å²) in [5.41, 5.74) is 0.941. The third kappa shape index (κ3) is 4.42. The maximum Gasteiger partial charge on any atom is 0.433 e. The van der Waals surface area contributed by atoms with Crippen LogP contribution in [0.2, 0.25) is 0 Å². The van der Waals surface area contributed by atoms with Gasteiger partial charge >= 0.3 is 6.09 Å². The molecule has 0 radical (unpaired) electrons. The van der Waals surface area contributed by atoms with Gasteiger partial charge < -0.3 is 5.32 Å². The summed E-state index contributed by atoms with van der Waals surface area (Å²) in [6.07, 6.45) is -0.508. The standard InChI is InChI=1S/C7H12N2O2S2/c1-8-7(10)11-9-6-4-12-2-3-13-5-6/h2-5H2,1H3,(H,8,10). The van der Waals surface area contributed by atoms with Crippen LogP contribution >= 0.6 is 23.5 Å². The first kappa shape index (κ1) is 10.7. The number of thioether (sulfide) groups is 2. The first-order valence-corrected chi connectivity index (χ1v) is 6.24. The maximum absolute atomic E-state index is 10.7. The number of carbonyl (C=O) groups is 1. The summed E-state index contributed by atoms with van der Waals surface area (Å²) in [7, 11) is 1.51. The Morgan fingerprint density at radius 3 is 2.62 bits per heavy atom. The van der Waals surface area contributed by atoms with E-state index in [9.17, 15) is 4.79 Å². The lowest BCUT2D eigenvalue weighted by molar-refractivity contribution is 0.153. The first-order chi connectivity index (χ1) is 6.33.